The fourth-order valence-electron chi connectivity index (χ4n) is 3.28. The van der Waals surface area contributed by atoms with E-state index in [0.717, 1.165) is 16.4 Å². The van der Waals surface area contributed by atoms with E-state index >= 15 is 0 Å². The van der Waals surface area contributed by atoms with Crippen LogP contribution in [0, 0.1) is 0 Å². The number of aromatic hydroxyl groups is 1. The number of carboxylic acids is 1. The summed E-state index contributed by atoms with van der Waals surface area (Å²) in [5, 5.41) is 23.2. The van der Waals surface area contributed by atoms with Crippen LogP contribution in [0.2, 0.25) is 0 Å². The summed E-state index contributed by atoms with van der Waals surface area (Å²) < 4.78 is 5.18. The number of carbonyl (C=O) groups is 2. The Hall–Kier alpha value is -4.07. The zero-order valence-electron chi connectivity index (χ0n) is 15.8. The average molecular weight is 405 g/mol. The van der Waals surface area contributed by atoms with Gasteiger partial charge in [0, 0.05) is 40.7 Å². The molecular formula is C22H19N3O5. The number of aliphatic carboxylic acids is 1. The molecule has 0 spiro atoms. The highest BCUT2D eigenvalue weighted by Crippen LogP contribution is 2.24. The molecule has 0 aliphatic rings. The second-order valence-corrected chi connectivity index (χ2v) is 6.90. The van der Waals surface area contributed by atoms with Crippen LogP contribution in [0.1, 0.15) is 11.1 Å². The van der Waals surface area contributed by atoms with Crippen LogP contribution in [0.15, 0.2) is 60.9 Å². The number of ether oxygens (including phenoxy) is 1. The maximum absolute atomic E-state index is 12.2. The normalized spacial score (nSPS) is 12.0. The Kier molecular flexibility index (Phi) is 5.21. The second-order valence-electron chi connectivity index (χ2n) is 6.90. The molecule has 8 nitrogen and oxygen atoms in total. The number of amides is 1. The van der Waals surface area contributed by atoms with Gasteiger partial charge in [-0.2, -0.15) is 0 Å². The number of H-pyrrole nitrogens is 1. The van der Waals surface area contributed by atoms with Crippen molar-refractivity contribution in [3.05, 3.63) is 72.1 Å². The third kappa shape index (κ3) is 4.17. The fourth-order valence-corrected chi connectivity index (χ4v) is 3.28. The molecule has 1 unspecified atom stereocenters. The standard InChI is InChI=1S/C22H19N3O5/c26-16-5-6-19-17(9-16)15(11-24-19)8-20(21(27)28)25-22(29)30-12-13-7-14-3-1-2-4-18(14)23-10-13/h1-7,9-11,20,24,26H,8,12H2,(H,25,29)(H,27,28). The molecule has 1 amide bonds. The number of carboxylic acid groups (broad SMARTS) is 1. The first-order chi connectivity index (χ1) is 14.5. The first kappa shape index (κ1) is 19.3. The molecule has 2 aromatic heterocycles. The average Bonchev–Trinajstić information content (AvgIpc) is 3.13. The third-order valence-corrected chi connectivity index (χ3v) is 4.78. The van der Waals surface area contributed by atoms with Crippen LogP contribution < -0.4 is 5.32 Å². The van der Waals surface area contributed by atoms with Crippen molar-refractivity contribution in [3.8, 4) is 5.75 Å². The van der Waals surface area contributed by atoms with Gasteiger partial charge in [0.2, 0.25) is 0 Å². The number of nitrogens with zero attached hydrogens (tertiary/aromatic N) is 1. The van der Waals surface area contributed by atoms with Crippen LogP contribution in [0.3, 0.4) is 0 Å². The minimum absolute atomic E-state index is 0.0308. The van der Waals surface area contributed by atoms with Crippen molar-refractivity contribution < 1.29 is 24.5 Å². The summed E-state index contributed by atoms with van der Waals surface area (Å²) in [7, 11) is 0. The van der Waals surface area contributed by atoms with Gasteiger partial charge in [0.15, 0.2) is 0 Å². The predicted octanol–water partition coefficient (Wildman–Crippen LogP) is 3.34. The topological polar surface area (TPSA) is 125 Å². The number of pyridine rings is 1. The number of benzene rings is 2. The number of hydrogen-bond acceptors (Lipinski definition) is 5. The number of phenolic OH excluding ortho intramolecular Hbond substituents is 1. The maximum Gasteiger partial charge on any atom is 0.408 e. The van der Waals surface area contributed by atoms with Gasteiger partial charge in [-0.05, 0) is 35.9 Å². The van der Waals surface area contributed by atoms with E-state index in [1.165, 1.54) is 6.07 Å². The Morgan fingerprint density at radius 1 is 1.17 bits per heavy atom. The molecule has 2 heterocycles. The van der Waals surface area contributed by atoms with Crippen molar-refractivity contribution in [2.45, 2.75) is 19.1 Å². The van der Waals surface area contributed by atoms with Gasteiger partial charge in [-0.3, -0.25) is 4.98 Å². The number of nitrogens with one attached hydrogen (secondary N) is 2. The molecule has 8 heteroatoms. The first-order valence-corrected chi connectivity index (χ1v) is 9.28. The minimum atomic E-state index is -1.19. The first-order valence-electron chi connectivity index (χ1n) is 9.28. The number of aromatic amines is 1. The van der Waals surface area contributed by atoms with Crippen molar-refractivity contribution in [3.63, 3.8) is 0 Å². The van der Waals surface area contributed by atoms with E-state index in [-0.39, 0.29) is 18.8 Å². The van der Waals surface area contributed by atoms with Gasteiger partial charge < -0.3 is 25.3 Å². The van der Waals surface area contributed by atoms with Gasteiger partial charge in [-0.1, -0.05) is 18.2 Å². The second kappa shape index (κ2) is 8.12. The number of para-hydroxylation sites is 1. The molecule has 30 heavy (non-hydrogen) atoms. The van der Waals surface area contributed by atoms with E-state index < -0.39 is 18.1 Å². The van der Waals surface area contributed by atoms with Crippen molar-refractivity contribution in [1.29, 1.82) is 0 Å². The van der Waals surface area contributed by atoms with Crippen LogP contribution in [-0.4, -0.2) is 38.3 Å². The van der Waals surface area contributed by atoms with E-state index in [1.807, 2.05) is 30.3 Å². The van der Waals surface area contributed by atoms with Gasteiger partial charge in [0.1, 0.15) is 18.4 Å². The van der Waals surface area contributed by atoms with Gasteiger partial charge in [0.05, 0.1) is 5.52 Å². The Morgan fingerprint density at radius 3 is 2.83 bits per heavy atom. The Balaban J connectivity index is 1.41. The zero-order valence-corrected chi connectivity index (χ0v) is 15.8. The number of rotatable bonds is 6. The summed E-state index contributed by atoms with van der Waals surface area (Å²) in [6.07, 6.45) is 2.47. The highest BCUT2D eigenvalue weighted by Gasteiger charge is 2.22. The number of carbonyl (C=O) groups excluding carboxylic acids is 1. The fraction of sp³-hybridized carbons (Fsp3) is 0.136. The van der Waals surface area contributed by atoms with E-state index in [1.54, 1.807) is 24.5 Å². The Bertz CT molecular complexity index is 1230. The van der Waals surface area contributed by atoms with E-state index in [2.05, 4.69) is 15.3 Å². The monoisotopic (exact) mass is 405 g/mol. The lowest BCUT2D eigenvalue weighted by atomic mass is 10.0. The summed E-state index contributed by atoms with van der Waals surface area (Å²) in [5.41, 5.74) is 2.95. The van der Waals surface area contributed by atoms with Crippen molar-refractivity contribution in [2.75, 3.05) is 0 Å². The lowest BCUT2D eigenvalue weighted by molar-refractivity contribution is -0.139. The van der Waals surface area contributed by atoms with E-state index in [9.17, 15) is 19.8 Å². The summed E-state index contributed by atoms with van der Waals surface area (Å²) in [6.45, 7) is -0.0308. The molecule has 4 N–H and O–H groups in total. The SMILES string of the molecule is O=C(NC(Cc1c[nH]c2ccc(O)cc12)C(=O)O)OCc1cnc2ccccc2c1. The van der Waals surface area contributed by atoms with Gasteiger partial charge in [-0.15, -0.1) is 0 Å². The van der Waals surface area contributed by atoms with Crippen LogP contribution in [-0.2, 0) is 22.6 Å². The minimum Gasteiger partial charge on any atom is -0.508 e. The molecule has 2 aromatic carbocycles. The highest BCUT2D eigenvalue weighted by atomic mass is 16.5. The van der Waals surface area contributed by atoms with Gasteiger partial charge in [-0.25, -0.2) is 9.59 Å². The lowest BCUT2D eigenvalue weighted by Gasteiger charge is -2.14. The van der Waals surface area contributed by atoms with Crippen LogP contribution in [0.5, 0.6) is 5.75 Å². The summed E-state index contributed by atoms with van der Waals surface area (Å²) >= 11 is 0. The summed E-state index contributed by atoms with van der Waals surface area (Å²) in [4.78, 5) is 31.1. The number of aromatic nitrogens is 2. The third-order valence-electron chi connectivity index (χ3n) is 4.78. The Labute approximate surface area is 171 Å². The van der Waals surface area contributed by atoms with Crippen LogP contribution >= 0.6 is 0 Å². The van der Waals surface area contributed by atoms with Crippen molar-refractivity contribution in [2.24, 2.45) is 0 Å². The van der Waals surface area contributed by atoms with Crippen LogP contribution in [0.25, 0.3) is 21.8 Å². The molecule has 0 saturated heterocycles. The quantitative estimate of drug-likeness (QED) is 0.390. The molecular weight excluding hydrogens is 386 g/mol. The van der Waals surface area contributed by atoms with Gasteiger partial charge >= 0.3 is 12.1 Å². The molecule has 0 aliphatic heterocycles. The molecule has 0 saturated carbocycles. The molecule has 0 fully saturated rings. The smallest absolute Gasteiger partial charge is 0.408 e. The maximum atomic E-state index is 12.2. The molecule has 0 bridgehead atoms. The number of alkyl carbamates (subject to hydrolysis) is 1. The highest BCUT2D eigenvalue weighted by molar-refractivity contribution is 5.86. The number of phenols is 1. The zero-order chi connectivity index (χ0) is 21.1. The summed E-state index contributed by atoms with van der Waals surface area (Å²) in [6, 6.07) is 13.0. The van der Waals surface area contributed by atoms with Crippen molar-refractivity contribution in [1.82, 2.24) is 15.3 Å². The van der Waals surface area contributed by atoms with Gasteiger partial charge in [0.25, 0.3) is 0 Å². The molecule has 152 valence electrons. The molecule has 0 aliphatic carbocycles. The largest absolute Gasteiger partial charge is 0.508 e. The van der Waals surface area contributed by atoms with E-state index in [0.29, 0.717) is 16.5 Å². The summed E-state index contributed by atoms with van der Waals surface area (Å²) in [5.74, 6) is -1.11. The number of fused-ring (bicyclic) bond motifs is 2. The predicted molar refractivity (Wildman–Crippen MR) is 110 cm³/mol. The van der Waals surface area contributed by atoms with Crippen molar-refractivity contribution >= 4 is 33.9 Å². The lowest BCUT2D eigenvalue weighted by Crippen LogP contribution is -2.42. The molecule has 0 radical (unpaired) electrons. The molecule has 4 rings (SSSR count). The molecule has 4 aromatic rings. The number of hydrogen-bond donors (Lipinski definition) is 4. The van der Waals surface area contributed by atoms with E-state index in [4.69, 9.17) is 4.74 Å². The Morgan fingerprint density at radius 2 is 2.00 bits per heavy atom. The van der Waals surface area contributed by atoms with Crippen LogP contribution in [0.4, 0.5) is 4.79 Å². The molecule has 1 atom stereocenters.